The molecule has 0 atom stereocenters. The van der Waals surface area contributed by atoms with Crippen LogP contribution in [0.2, 0.25) is 5.02 Å². The SMILES string of the molecule is CCCCCCCCc1ccc(-c2ccc(C(=O)Nc3ccc(Cl)cn3)cc2)cc1. The number of aromatic nitrogens is 1. The lowest BCUT2D eigenvalue weighted by atomic mass is 10.00. The number of anilines is 1. The number of aryl methyl sites for hydroxylation is 1. The zero-order valence-electron chi connectivity index (χ0n) is 17.5. The van der Waals surface area contributed by atoms with Crippen molar-refractivity contribution >= 4 is 23.3 Å². The monoisotopic (exact) mass is 420 g/mol. The Morgan fingerprint density at radius 2 is 1.47 bits per heavy atom. The van der Waals surface area contributed by atoms with Gasteiger partial charge in [0.25, 0.3) is 5.91 Å². The summed E-state index contributed by atoms with van der Waals surface area (Å²) >= 11 is 5.82. The van der Waals surface area contributed by atoms with Gasteiger partial charge in [-0.15, -0.1) is 0 Å². The molecule has 0 aliphatic rings. The van der Waals surface area contributed by atoms with Crippen molar-refractivity contribution in [3.63, 3.8) is 0 Å². The molecule has 3 nitrogen and oxygen atoms in total. The fourth-order valence-corrected chi connectivity index (χ4v) is 3.54. The van der Waals surface area contributed by atoms with Gasteiger partial charge < -0.3 is 5.32 Å². The predicted molar refractivity (Wildman–Crippen MR) is 126 cm³/mol. The van der Waals surface area contributed by atoms with Crippen LogP contribution < -0.4 is 5.32 Å². The van der Waals surface area contributed by atoms with E-state index in [4.69, 9.17) is 11.6 Å². The van der Waals surface area contributed by atoms with Crippen molar-refractivity contribution in [2.24, 2.45) is 0 Å². The molecule has 0 bridgehead atoms. The first-order valence-corrected chi connectivity index (χ1v) is 11.2. The van der Waals surface area contributed by atoms with Gasteiger partial charge in [-0.2, -0.15) is 0 Å². The number of benzene rings is 2. The number of nitrogens with one attached hydrogen (secondary N) is 1. The van der Waals surface area contributed by atoms with Gasteiger partial charge in [0.15, 0.2) is 0 Å². The molecular weight excluding hydrogens is 392 g/mol. The minimum absolute atomic E-state index is 0.189. The summed E-state index contributed by atoms with van der Waals surface area (Å²) in [6.45, 7) is 2.25. The average molecular weight is 421 g/mol. The van der Waals surface area contributed by atoms with Crippen molar-refractivity contribution in [3.05, 3.63) is 83.0 Å². The van der Waals surface area contributed by atoms with Crippen LogP contribution in [-0.4, -0.2) is 10.9 Å². The quantitative estimate of drug-likeness (QED) is 0.344. The highest BCUT2D eigenvalue weighted by Crippen LogP contribution is 2.22. The molecule has 0 saturated carbocycles. The van der Waals surface area contributed by atoms with Crippen LogP contribution in [-0.2, 0) is 6.42 Å². The number of amides is 1. The second-order valence-corrected chi connectivity index (χ2v) is 8.04. The minimum atomic E-state index is -0.189. The van der Waals surface area contributed by atoms with E-state index in [9.17, 15) is 4.79 Å². The first-order chi connectivity index (χ1) is 14.7. The average Bonchev–Trinajstić information content (AvgIpc) is 2.78. The highest BCUT2D eigenvalue weighted by molar-refractivity contribution is 6.30. The molecular formula is C26H29ClN2O. The maximum Gasteiger partial charge on any atom is 0.256 e. The molecule has 0 fully saturated rings. The maximum absolute atomic E-state index is 12.4. The predicted octanol–water partition coefficient (Wildman–Crippen LogP) is 7.56. The number of hydrogen-bond donors (Lipinski definition) is 1. The molecule has 2 aromatic carbocycles. The Labute approximate surface area is 184 Å². The van der Waals surface area contributed by atoms with E-state index < -0.39 is 0 Å². The van der Waals surface area contributed by atoms with E-state index in [1.165, 1.54) is 50.3 Å². The third kappa shape index (κ3) is 6.70. The van der Waals surface area contributed by atoms with Gasteiger partial charge in [-0.25, -0.2) is 4.98 Å². The molecule has 0 spiro atoms. The number of carbonyl (C=O) groups excluding carboxylic acids is 1. The topological polar surface area (TPSA) is 42.0 Å². The molecule has 0 radical (unpaired) electrons. The van der Waals surface area contributed by atoms with Gasteiger partial charge in [0.05, 0.1) is 5.02 Å². The molecule has 0 unspecified atom stereocenters. The van der Waals surface area contributed by atoms with Gasteiger partial charge in [0, 0.05) is 11.8 Å². The molecule has 156 valence electrons. The fraction of sp³-hybridized carbons (Fsp3) is 0.308. The van der Waals surface area contributed by atoms with Crippen LogP contribution >= 0.6 is 11.6 Å². The maximum atomic E-state index is 12.4. The second kappa shape index (κ2) is 11.5. The standard InChI is InChI=1S/C26H29ClN2O/c1-2-3-4-5-6-7-8-20-9-11-21(12-10-20)22-13-15-23(16-14-22)26(30)29-25-18-17-24(27)19-28-25/h9-19H,2-8H2,1H3,(H,28,29,30). The Bertz CT molecular complexity index is 919. The summed E-state index contributed by atoms with van der Waals surface area (Å²) in [5.41, 5.74) is 4.24. The lowest BCUT2D eigenvalue weighted by molar-refractivity contribution is 0.102. The highest BCUT2D eigenvalue weighted by atomic mass is 35.5. The van der Waals surface area contributed by atoms with E-state index in [0.29, 0.717) is 16.4 Å². The minimum Gasteiger partial charge on any atom is -0.307 e. The van der Waals surface area contributed by atoms with Crippen molar-refractivity contribution in [1.29, 1.82) is 0 Å². The van der Waals surface area contributed by atoms with Gasteiger partial charge in [0.2, 0.25) is 0 Å². The summed E-state index contributed by atoms with van der Waals surface area (Å²) in [6, 6.07) is 19.8. The van der Waals surface area contributed by atoms with Gasteiger partial charge in [0.1, 0.15) is 5.82 Å². The van der Waals surface area contributed by atoms with Crippen molar-refractivity contribution < 1.29 is 4.79 Å². The largest absolute Gasteiger partial charge is 0.307 e. The summed E-state index contributed by atoms with van der Waals surface area (Å²) in [5.74, 6) is 0.292. The molecule has 3 aromatic rings. The second-order valence-electron chi connectivity index (χ2n) is 7.61. The van der Waals surface area contributed by atoms with E-state index >= 15 is 0 Å². The Morgan fingerprint density at radius 1 is 0.833 bits per heavy atom. The lowest BCUT2D eigenvalue weighted by Crippen LogP contribution is -2.12. The zero-order valence-corrected chi connectivity index (χ0v) is 18.3. The summed E-state index contributed by atoms with van der Waals surface area (Å²) in [7, 11) is 0. The molecule has 0 aliphatic carbocycles. The molecule has 1 N–H and O–H groups in total. The molecule has 0 saturated heterocycles. The van der Waals surface area contributed by atoms with E-state index in [0.717, 1.165) is 17.5 Å². The van der Waals surface area contributed by atoms with E-state index in [-0.39, 0.29) is 5.91 Å². The molecule has 1 heterocycles. The van der Waals surface area contributed by atoms with Gasteiger partial charge in [-0.3, -0.25) is 4.79 Å². The number of rotatable bonds is 10. The normalized spacial score (nSPS) is 10.7. The lowest BCUT2D eigenvalue weighted by Gasteiger charge is -2.07. The summed E-state index contributed by atoms with van der Waals surface area (Å²) < 4.78 is 0. The van der Waals surface area contributed by atoms with Crippen LogP contribution in [0.1, 0.15) is 61.4 Å². The number of nitrogens with zero attached hydrogens (tertiary/aromatic N) is 1. The van der Waals surface area contributed by atoms with Crippen LogP contribution in [0.4, 0.5) is 5.82 Å². The van der Waals surface area contributed by atoms with Gasteiger partial charge in [-0.05, 0) is 53.8 Å². The third-order valence-electron chi connectivity index (χ3n) is 5.22. The zero-order chi connectivity index (χ0) is 21.2. The van der Waals surface area contributed by atoms with E-state index in [1.54, 1.807) is 12.1 Å². The van der Waals surface area contributed by atoms with E-state index in [1.807, 2.05) is 24.3 Å². The van der Waals surface area contributed by atoms with Crippen molar-refractivity contribution in [2.45, 2.75) is 51.9 Å². The van der Waals surface area contributed by atoms with Crippen LogP contribution in [0.3, 0.4) is 0 Å². The number of hydrogen-bond acceptors (Lipinski definition) is 2. The molecule has 0 aliphatic heterocycles. The Hall–Kier alpha value is -2.65. The molecule has 30 heavy (non-hydrogen) atoms. The first-order valence-electron chi connectivity index (χ1n) is 10.8. The smallest absolute Gasteiger partial charge is 0.256 e. The Balaban J connectivity index is 1.52. The Morgan fingerprint density at radius 3 is 2.10 bits per heavy atom. The molecule has 1 aromatic heterocycles. The first kappa shape index (κ1) is 22.0. The Kier molecular flexibility index (Phi) is 8.46. The summed E-state index contributed by atoms with van der Waals surface area (Å²) in [6.07, 6.45) is 10.6. The van der Waals surface area contributed by atoms with Crippen molar-refractivity contribution in [2.75, 3.05) is 5.32 Å². The van der Waals surface area contributed by atoms with Gasteiger partial charge >= 0.3 is 0 Å². The van der Waals surface area contributed by atoms with Gasteiger partial charge in [-0.1, -0.05) is 87.0 Å². The number of pyridine rings is 1. The molecule has 4 heteroatoms. The van der Waals surface area contributed by atoms with Crippen LogP contribution in [0, 0.1) is 0 Å². The van der Waals surface area contributed by atoms with Crippen molar-refractivity contribution in [3.8, 4) is 11.1 Å². The van der Waals surface area contributed by atoms with Crippen LogP contribution in [0.25, 0.3) is 11.1 Å². The number of unbranched alkanes of at least 4 members (excludes halogenated alkanes) is 5. The highest BCUT2D eigenvalue weighted by Gasteiger charge is 2.07. The fourth-order valence-electron chi connectivity index (χ4n) is 3.43. The third-order valence-corrected chi connectivity index (χ3v) is 5.45. The summed E-state index contributed by atoms with van der Waals surface area (Å²) in [4.78, 5) is 16.5. The number of halogens is 1. The summed E-state index contributed by atoms with van der Waals surface area (Å²) in [5, 5.41) is 3.32. The van der Waals surface area contributed by atoms with Crippen molar-refractivity contribution in [1.82, 2.24) is 4.98 Å². The molecule has 1 amide bonds. The van der Waals surface area contributed by atoms with Crippen LogP contribution in [0.15, 0.2) is 66.9 Å². The van der Waals surface area contributed by atoms with E-state index in [2.05, 4.69) is 41.5 Å². The number of carbonyl (C=O) groups is 1. The van der Waals surface area contributed by atoms with Crippen LogP contribution in [0.5, 0.6) is 0 Å². The molecule has 3 rings (SSSR count).